The van der Waals surface area contributed by atoms with Crippen molar-refractivity contribution in [1.29, 1.82) is 0 Å². The number of nitrogens with zero attached hydrogens (tertiary/aromatic N) is 5. The predicted molar refractivity (Wildman–Crippen MR) is 201 cm³/mol. The molecule has 2 aromatic heterocycles. The Balaban J connectivity index is 1.09. The number of hydrogen-bond donors (Lipinski definition) is 3. The first kappa shape index (κ1) is 34.7. The average molecular weight is 727 g/mol. The summed E-state index contributed by atoms with van der Waals surface area (Å²) >= 11 is 7.10. The van der Waals surface area contributed by atoms with E-state index in [2.05, 4.69) is 55.8 Å². The lowest BCUT2D eigenvalue weighted by Crippen LogP contribution is -2.54. The second-order valence-corrected chi connectivity index (χ2v) is 15.3. The highest BCUT2D eigenvalue weighted by atomic mass is 35.5. The summed E-state index contributed by atoms with van der Waals surface area (Å²) in [6, 6.07) is 6.61. The minimum absolute atomic E-state index is 0.103. The summed E-state index contributed by atoms with van der Waals surface area (Å²) in [7, 11) is 0. The van der Waals surface area contributed by atoms with Crippen molar-refractivity contribution >= 4 is 57.1 Å². The number of nitrogens with one attached hydrogen (secondary N) is 3. The molecule has 4 atom stereocenters. The van der Waals surface area contributed by atoms with E-state index >= 15 is 4.39 Å². The molecular weight excluding hydrogens is 683 g/mol. The van der Waals surface area contributed by atoms with Crippen molar-refractivity contribution in [2.24, 2.45) is 5.92 Å². The minimum atomic E-state index is -0.757. The van der Waals surface area contributed by atoms with Crippen molar-refractivity contribution in [3.63, 3.8) is 0 Å². The molecule has 2 unspecified atom stereocenters. The maximum Gasteiger partial charge on any atom is 0.338 e. The van der Waals surface area contributed by atoms with E-state index in [-0.39, 0.29) is 29.6 Å². The van der Waals surface area contributed by atoms with Crippen LogP contribution in [-0.4, -0.2) is 87.4 Å². The highest BCUT2D eigenvalue weighted by Crippen LogP contribution is 2.48. The van der Waals surface area contributed by atoms with E-state index in [1.165, 1.54) is 6.08 Å². The molecule has 272 valence electrons. The number of anilines is 2. The van der Waals surface area contributed by atoms with Gasteiger partial charge in [0.1, 0.15) is 11.3 Å². The van der Waals surface area contributed by atoms with Gasteiger partial charge in [0, 0.05) is 96.0 Å². The minimum Gasteiger partial charge on any atom is -0.387 e. The first-order chi connectivity index (χ1) is 25.1. The van der Waals surface area contributed by atoms with Crippen molar-refractivity contribution in [2.75, 3.05) is 36.4 Å². The number of esters is 2. The number of carbonyl (C=O) groups is 2. The van der Waals surface area contributed by atoms with E-state index in [0.29, 0.717) is 46.2 Å². The number of benzene rings is 2. The number of fused-ring (bicyclic) bond motifs is 2. The highest BCUT2D eigenvalue weighted by molar-refractivity contribution is 6.35. The molecule has 3 N–H and O–H groups in total. The zero-order valence-electron chi connectivity index (χ0n) is 29.7. The lowest BCUT2D eigenvalue weighted by Gasteiger charge is -2.39. The maximum absolute atomic E-state index is 17.3. The van der Waals surface area contributed by atoms with Gasteiger partial charge in [0.25, 0.3) is 0 Å². The van der Waals surface area contributed by atoms with Gasteiger partial charge in [-0.15, -0.1) is 0 Å². The Bertz CT molecular complexity index is 2110. The normalized spacial score (nSPS) is 24.1. The van der Waals surface area contributed by atoms with Crippen molar-refractivity contribution in [1.82, 2.24) is 30.4 Å². The van der Waals surface area contributed by atoms with Gasteiger partial charge in [-0.2, -0.15) is 10.1 Å². The van der Waals surface area contributed by atoms with Crippen molar-refractivity contribution in [3.8, 4) is 11.1 Å². The third-order valence-electron chi connectivity index (χ3n) is 11.1. The molecule has 4 aromatic rings. The lowest BCUT2D eigenvalue weighted by atomic mass is 9.93. The van der Waals surface area contributed by atoms with Gasteiger partial charge >= 0.3 is 11.9 Å². The Kier molecular flexibility index (Phi) is 9.25. The van der Waals surface area contributed by atoms with Crippen molar-refractivity contribution in [3.05, 3.63) is 65.1 Å². The molecule has 4 fully saturated rings. The Morgan fingerprint density at radius 2 is 1.90 bits per heavy atom. The number of H-pyrrole nitrogens is 1. The quantitative estimate of drug-likeness (QED) is 0.101. The number of ether oxygens (including phenoxy) is 1. The fourth-order valence-electron chi connectivity index (χ4n) is 8.00. The van der Waals surface area contributed by atoms with E-state index < -0.39 is 17.8 Å². The standard InChI is InChI=1S/C39H44ClFN8O3/c1-5-30(50)52-31(51)11-9-24-16-29(24)48-14-12-25(13-15-48)43-39-44-37-26(38(45-39)49-19-21(3)42-18-22(49)4)17-27(40)33(35(37)41)32-20(2)6-10-28-34(32)36(47-46-28)23-7-8-23/h5-6,9-11,17,21-25,29,42H,1,7-8,12-16,18-19H2,2-4H3,(H,46,47)(H,43,44,45)/b11-9-/t21-,22+,24?,29?/m1/s1. The van der Waals surface area contributed by atoms with Gasteiger partial charge in [0.05, 0.1) is 10.5 Å². The Labute approximate surface area is 307 Å². The fraction of sp³-hybridized carbons (Fsp3) is 0.462. The van der Waals surface area contributed by atoms with Gasteiger partial charge in [0.15, 0.2) is 5.82 Å². The monoisotopic (exact) mass is 726 g/mol. The third kappa shape index (κ3) is 6.68. The molecule has 0 radical (unpaired) electrons. The number of hydrogen-bond acceptors (Lipinski definition) is 10. The number of carbonyl (C=O) groups excluding carboxylic acids is 2. The molecule has 2 aliphatic heterocycles. The topological polar surface area (TPSA) is 128 Å². The maximum atomic E-state index is 17.3. The molecule has 0 bridgehead atoms. The Morgan fingerprint density at radius 3 is 2.65 bits per heavy atom. The number of piperidine rings is 1. The lowest BCUT2D eigenvalue weighted by molar-refractivity contribution is -0.152. The van der Waals surface area contributed by atoms with Crippen LogP contribution in [0.4, 0.5) is 16.2 Å². The van der Waals surface area contributed by atoms with E-state index in [9.17, 15) is 9.59 Å². The summed E-state index contributed by atoms with van der Waals surface area (Å²) in [5, 5.41) is 16.8. The second kappa shape index (κ2) is 13.9. The third-order valence-corrected chi connectivity index (χ3v) is 11.4. The number of aryl methyl sites for hydroxylation is 1. The van der Waals surface area contributed by atoms with Gasteiger partial charge in [-0.05, 0) is 76.5 Å². The summed E-state index contributed by atoms with van der Waals surface area (Å²) in [5.41, 5.74) is 4.13. The first-order valence-electron chi connectivity index (χ1n) is 18.3. The zero-order valence-corrected chi connectivity index (χ0v) is 30.5. The molecule has 52 heavy (non-hydrogen) atoms. The molecule has 2 saturated carbocycles. The van der Waals surface area contributed by atoms with Crippen LogP contribution in [0.2, 0.25) is 5.02 Å². The smallest absolute Gasteiger partial charge is 0.338 e. The van der Waals surface area contributed by atoms with E-state index in [4.69, 9.17) is 21.6 Å². The van der Waals surface area contributed by atoms with E-state index in [0.717, 1.165) is 85.5 Å². The fourth-order valence-corrected chi connectivity index (χ4v) is 8.29. The number of piperazine rings is 1. The highest BCUT2D eigenvalue weighted by Gasteiger charge is 2.41. The van der Waals surface area contributed by atoms with Gasteiger partial charge in [-0.1, -0.05) is 30.3 Å². The molecule has 11 nitrogen and oxygen atoms in total. The molecule has 2 saturated heterocycles. The van der Waals surface area contributed by atoms with Crippen molar-refractivity contribution in [2.45, 2.75) is 83.0 Å². The summed E-state index contributed by atoms with van der Waals surface area (Å²) < 4.78 is 21.9. The number of halogens is 2. The Hall–Kier alpha value is -4.39. The summed E-state index contributed by atoms with van der Waals surface area (Å²) in [5.74, 6) is -0.178. The molecule has 2 aliphatic carbocycles. The number of rotatable bonds is 9. The van der Waals surface area contributed by atoms with Gasteiger partial charge in [0.2, 0.25) is 5.95 Å². The van der Waals surface area contributed by atoms with Gasteiger partial charge < -0.3 is 20.3 Å². The van der Waals surface area contributed by atoms with Crippen LogP contribution in [0.1, 0.15) is 63.1 Å². The summed E-state index contributed by atoms with van der Waals surface area (Å²) in [4.78, 5) is 37.8. The molecule has 0 spiro atoms. The number of aromatic nitrogens is 4. The first-order valence-corrected chi connectivity index (χ1v) is 18.7. The molecule has 13 heteroatoms. The van der Waals surface area contributed by atoms with E-state index in [1.54, 1.807) is 0 Å². The molecule has 2 aromatic carbocycles. The second-order valence-electron chi connectivity index (χ2n) is 14.9. The molecular formula is C39H44ClFN8O3. The van der Waals surface area contributed by atoms with Crippen molar-refractivity contribution < 1.29 is 18.7 Å². The molecule has 4 heterocycles. The van der Waals surface area contributed by atoms with Gasteiger partial charge in [-0.3, -0.25) is 10.00 Å². The van der Waals surface area contributed by atoms with Crippen LogP contribution in [0, 0.1) is 18.7 Å². The number of aromatic amines is 1. The van der Waals surface area contributed by atoms with Crippen LogP contribution in [-0.2, 0) is 14.3 Å². The van der Waals surface area contributed by atoms with Crippen LogP contribution in [0.25, 0.3) is 32.9 Å². The molecule has 8 rings (SSSR count). The van der Waals surface area contributed by atoms with Crippen LogP contribution in [0.3, 0.4) is 0 Å². The van der Waals surface area contributed by atoms with Crippen LogP contribution >= 0.6 is 11.6 Å². The molecule has 4 aliphatic rings. The predicted octanol–water partition coefficient (Wildman–Crippen LogP) is 6.41. The molecule has 0 amide bonds. The van der Waals surface area contributed by atoms with Crippen LogP contribution < -0.4 is 15.5 Å². The van der Waals surface area contributed by atoms with Crippen LogP contribution in [0.15, 0.2) is 43.0 Å². The SMILES string of the molecule is C=CC(=O)OC(=O)/C=C\C1CC1N1CCC(Nc2nc(N3C[C@@H](C)NC[C@@H]3C)c3cc(Cl)c(-c4c(C)ccc5n[nH]c(C6CC6)c45)c(F)c3n2)CC1. The Morgan fingerprint density at radius 1 is 1.12 bits per heavy atom. The summed E-state index contributed by atoms with van der Waals surface area (Å²) in [6.45, 7) is 12.8. The zero-order chi connectivity index (χ0) is 36.3. The van der Waals surface area contributed by atoms with Gasteiger partial charge in [-0.25, -0.2) is 19.0 Å². The summed E-state index contributed by atoms with van der Waals surface area (Å²) in [6.07, 6.45) is 8.96. The number of likely N-dealkylation sites (tertiary alicyclic amines) is 1. The van der Waals surface area contributed by atoms with E-state index in [1.807, 2.05) is 31.2 Å². The average Bonchev–Trinajstić information content (AvgIpc) is 4.07. The largest absolute Gasteiger partial charge is 0.387 e. The van der Waals surface area contributed by atoms with Crippen LogP contribution in [0.5, 0.6) is 0 Å².